The van der Waals surface area contributed by atoms with Crippen molar-refractivity contribution in [1.82, 2.24) is 4.98 Å². The number of ether oxygens (including phenoxy) is 3. The quantitative estimate of drug-likeness (QED) is 0.320. The number of hydrogen-bond acceptors (Lipinski definition) is 8. The van der Waals surface area contributed by atoms with Gasteiger partial charge in [-0.15, -0.1) is 0 Å². The lowest BCUT2D eigenvalue weighted by molar-refractivity contribution is 0.0731. The number of nitrogens with two attached hydrogens (primary N) is 1. The van der Waals surface area contributed by atoms with Crippen molar-refractivity contribution in [2.24, 2.45) is 0 Å². The van der Waals surface area contributed by atoms with E-state index in [1.165, 1.54) is 26.4 Å². The molecular formula is C21H16N2O6. The molecular weight excluding hydrogens is 376 g/mol. The lowest BCUT2D eigenvalue weighted by Crippen LogP contribution is -2.18. The number of hydrogen-bond donors (Lipinski definition) is 1. The Balaban J connectivity index is 1.71. The van der Waals surface area contributed by atoms with E-state index >= 15 is 0 Å². The number of carbonyl (C=O) groups is 1. The third-order valence-corrected chi connectivity index (χ3v) is 4.44. The minimum atomic E-state index is -0.836. The van der Waals surface area contributed by atoms with Crippen LogP contribution in [0.3, 0.4) is 0 Å². The normalized spacial score (nSPS) is 10.8. The first-order valence-electron chi connectivity index (χ1n) is 8.56. The minimum absolute atomic E-state index is 0.237. The topological polar surface area (TPSA) is 114 Å². The summed E-state index contributed by atoms with van der Waals surface area (Å²) in [4.78, 5) is 28.9. The predicted octanol–water partition coefficient (Wildman–Crippen LogP) is 3.16. The van der Waals surface area contributed by atoms with Crippen LogP contribution in [0.25, 0.3) is 21.7 Å². The average molecular weight is 392 g/mol. The van der Waals surface area contributed by atoms with Gasteiger partial charge >= 0.3 is 11.6 Å². The Bertz CT molecular complexity index is 1310. The van der Waals surface area contributed by atoms with Crippen molar-refractivity contribution < 1.29 is 23.4 Å². The van der Waals surface area contributed by atoms with Crippen LogP contribution in [0, 0.1) is 0 Å². The molecule has 4 rings (SSSR count). The van der Waals surface area contributed by atoms with Crippen LogP contribution in [0.2, 0.25) is 0 Å². The molecule has 4 aromatic rings. The number of nitrogen functional groups attached to an aromatic ring is 1. The zero-order valence-electron chi connectivity index (χ0n) is 15.6. The molecule has 0 fully saturated rings. The van der Waals surface area contributed by atoms with Gasteiger partial charge in [-0.25, -0.2) is 14.6 Å². The molecule has 0 saturated carbocycles. The number of anilines is 1. The molecule has 0 aliphatic carbocycles. The van der Waals surface area contributed by atoms with Crippen LogP contribution < -0.4 is 25.6 Å². The van der Waals surface area contributed by atoms with E-state index in [2.05, 4.69) is 4.98 Å². The number of pyridine rings is 1. The summed E-state index contributed by atoms with van der Waals surface area (Å²) in [6.45, 7) is 0. The molecule has 8 heteroatoms. The highest BCUT2D eigenvalue weighted by atomic mass is 16.5. The SMILES string of the molecule is COc1cc2cc(C(=O)Oc3ccc4c(N)nccc4c3)c(=O)oc2cc1OC. The number of fused-ring (bicyclic) bond motifs is 2. The van der Waals surface area contributed by atoms with Gasteiger partial charge in [-0.3, -0.25) is 0 Å². The predicted molar refractivity (Wildman–Crippen MR) is 107 cm³/mol. The fraction of sp³-hybridized carbons (Fsp3) is 0.0952. The fourth-order valence-electron chi connectivity index (χ4n) is 2.99. The summed E-state index contributed by atoms with van der Waals surface area (Å²) in [5, 5.41) is 1.98. The summed E-state index contributed by atoms with van der Waals surface area (Å²) in [5.74, 6) is 0.647. The van der Waals surface area contributed by atoms with E-state index in [1.807, 2.05) is 0 Å². The van der Waals surface area contributed by atoms with Gasteiger partial charge in [-0.2, -0.15) is 0 Å². The van der Waals surface area contributed by atoms with Gasteiger partial charge in [0, 0.05) is 23.0 Å². The molecule has 2 aromatic heterocycles. The number of carbonyl (C=O) groups excluding carboxylic acids is 1. The number of benzene rings is 2. The van der Waals surface area contributed by atoms with Crippen LogP contribution in [-0.2, 0) is 0 Å². The molecule has 0 amide bonds. The number of rotatable bonds is 4. The molecule has 0 saturated heterocycles. The first kappa shape index (κ1) is 18.3. The smallest absolute Gasteiger partial charge is 0.351 e. The van der Waals surface area contributed by atoms with Gasteiger partial charge in [0.15, 0.2) is 11.5 Å². The Morgan fingerprint density at radius 1 is 1.00 bits per heavy atom. The molecule has 146 valence electrons. The largest absolute Gasteiger partial charge is 0.493 e. The van der Waals surface area contributed by atoms with Gasteiger partial charge in [-0.05, 0) is 41.8 Å². The summed E-state index contributed by atoms with van der Waals surface area (Å²) >= 11 is 0. The number of nitrogens with zero attached hydrogens (tertiary/aromatic N) is 1. The fourth-order valence-corrected chi connectivity index (χ4v) is 2.99. The van der Waals surface area contributed by atoms with Crippen LogP contribution in [-0.4, -0.2) is 25.2 Å². The van der Waals surface area contributed by atoms with Crippen LogP contribution in [0.5, 0.6) is 17.2 Å². The molecule has 0 atom stereocenters. The van der Waals surface area contributed by atoms with Gasteiger partial charge in [0.25, 0.3) is 0 Å². The van der Waals surface area contributed by atoms with Crippen LogP contribution >= 0.6 is 0 Å². The zero-order valence-corrected chi connectivity index (χ0v) is 15.6. The third-order valence-electron chi connectivity index (χ3n) is 4.44. The molecule has 0 aliphatic rings. The first-order valence-corrected chi connectivity index (χ1v) is 8.56. The van der Waals surface area contributed by atoms with Crippen molar-refractivity contribution >= 4 is 33.5 Å². The molecule has 2 N–H and O–H groups in total. The van der Waals surface area contributed by atoms with Gasteiger partial charge in [-0.1, -0.05) is 0 Å². The van der Waals surface area contributed by atoms with E-state index in [-0.39, 0.29) is 16.9 Å². The van der Waals surface area contributed by atoms with Gasteiger partial charge < -0.3 is 24.4 Å². The summed E-state index contributed by atoms with van der Waals surface area (Å²) in [5.41, 5.74) is 5.03. The second kappa shape index (κ2) is 7.16. The van der Waals surface area contributed by atoms with Crippen LogP contribution in [0.4, 0.5) is 5.82 Å². The van der Waals surface area contributed by atoms with Crippen molar-refractivity contribution in [3.05, 3.63) is 64.6 Å². The van der Waals surface area contributed by atoms with E-state index in [9.17, 15) is 9.59 Å². The Hall–Kier alpha value is -4.07. The molecule has 0 bridgehead atoms. The second-order valence-corrected chi connectivity index (χ2v) is 6.16. The van der Waals surface area contributed by atoms with E-state index in [4.69, 9.17) is 24.4 Å². The molecule has 0 aliphatic heterocycles. The van der Waals surface area contributed by atoms with Crippen molar-refractivity contribution in [2.75, 3.05) is 20.0 Å². The van der Waals surface area contributed by atoms with Crippen LogP contribution in [0.15, 0.2) is 57.9 Å². The summed E-state index contributed by atoms with van der Waals surface area (Å²) in [6.07, 6.45) is 1.56. The lowest BCUT2D eigenvalue weighted by Gasteiger charge is -2.09. The lowest BCUT2D eigenvalue weighted by atomic mass is 10.1. The highest BCUT2D eigenvalue weighted by molar-refractivity contribution is 5.96. The molecule has 2 heterocycles. The van der Waals surface area contributed by atoms with Gasteiger partial charge in [0.2, 0.25) is 0 Å². The third kappa shape index (κ3) is 3.31. The maximum absolute atomic E-state index is 12.6. The van der Waals surface area contributed by atoms with E-state index < -0.39 is 11.6 Å². The first-order chi connectivity index (χ1) is 14.0. The molecule has 29 heavy (non-hydrogen) atoms. The summed E-state index contributed by atoms with van der Waals surface area (Å²) in [7, 11) is 2.96. The van der Waals surface area contributed by atoms with E-state index in [0.29, 0.717) is 22.7 Å². The molecule has 0 radical (unpaired) electrons. The minimum Gasteiger partial charge on any atom is -0.493 e. The molecule has 0 spiro atoms. The maximum atomic E-state index is 12.6. The Morgan fingerprint density at radius 3 is 2.52 bits per heavy atom. The zero-order chi connectivity index (χ0) is 20.5. The highest BCUT2D eigenvalue weighted by Crippen LogP contribution is 2.32. The van der Waals surface area contributed by atoms with Crippen molar-refractivity contribution in [2.45, 2.75) is 0 Å². The van der Waals surface area contributed by atoms with E-state index in [0.717, 1.165) is 10.8 Å². The van der Waals surface area contributed by atoms with Crippen LogP contribution in [0.1, 0.15) is 10.4 Å². The van der Waals surface area contributed by atoms with Gasteiger partial charge in [0.05, 0.1) is 14.2 Å². The number of aromatic nitrogens is 1. The second-order valence-electron chi connectivity index (χ2n) is 6.16. The number of esters is 1. The Labute approximate surface area is 164 Å². The maximum Gasteiger partial charge on any atom is 0.351 e. The Kier molecular flexibility index (Phi) is 4.52. The molecule has 8 nitrogen and oxygen atoms in total. The van der Waals surface area contributed by atoms with Crippen molar-refractivity contribution in [1.29, 1.82) is 0 Å². The average Bonchev–Trinajstić information content (AvgIpc) is 2.72. The van der Waals surface area contributed by atoms with E-state index in [1.54, 1.807) is 36.5 Å². The number of methoxy groups -OCH3 is 2. The Morgan fingerprint density at radius 2 is 1.76 bits per heavy atom. The highest BCUT2D eigenvalue weighted by Gasteiger charge is 2.18. The summed E-state index contributed by atoms with van der Waals surface area (Å²) < 4.78 is 21.1. The standard InChI is InChI=1S/C21H16N2O6/c1-26-17-9-12-8-15(21(25)29-16(12)10-18(17)27-2)20(24)28-13-3-4-14-11(7-13)5-6-23-19(14)22/h3-10H,1-2H3,(H2,22,23). The van der Waals surface area contributed by atoms with Crippen molar-refractivity contribution in [3.8, 4) is 17.2 Å². The molecule has 0 unspecified atom stereocenters. The van der Waals surface area contributed by atoms with Gasteiger partial charge in [0.1, 0.15) is 22.7 Å². The molecule has 2 aromatic carbocycles. The monoisotopic (exact) mass is 392 g/mol. The summed E-state index contributed by atoms with van der Waals surface area (Å²) in [6, 6.07) is 11.2. The van der Waals surface area contributed by atoms with Crippen molar-refractivity contribution in [3.63, 3.8) is 0 Å².